The highest BCUT2D eigenvalue weighted by Crippen LogP contribution is 2.31. The monoisotopic (exact) mass is 366 g/mol. The summed E-state index contributed by atoms with van der Waals surface area (Å²) in [6.07, 6.45) is -2.75. The van der Waals surface area contributed by atoms with Gasteiger partial charge < -0.3 is 15.4 Å². The average molecular weight is 367 g/mol. The lowest BCUT2D eigenvalue weighted by Crippen LogP contribution is -2.44. The first-order chi connectivity index (χ1) is 10.8. The molecule has 0 bridgehead atoms. The van der Waals surface area contributed by atoms with Crippen molar-refractivity contribution in [3.8, 4) is 5.75 Å². The van der Waals surface area contributed by atoms with Gasteiger partial charge in [-0.05, 0) is 43.9 Å². The fraction of sp³-hybridized carbons (Fsp3) is 0.562. The van der Waals surface area contributed by atoms with Gasteiger partial charge in [-0.3, -0.25) is 4.79 Å². The van der Waals surface area contributed by atoms with E-state index >= 15 is 0 Å². The molecule has 1 atom stereocenters. The van der Waals surface area contributed by atoms with Crippen LogP contribution in [0.4, 0.5) is 13.2 Å². The van der Waals surface area contributed by atoms with Crippen molar-refractivity contribution in [2.45, 2.75) is 32.0 Å². The number of carbonyl (C=O) groups excluding carboxylic acids is 1. The number of nitrogens with two attached hydrogens (primary N) is 1. The van der Waals surface area contributed by atoms with Crippen molar-refractivity contribution >= 4 is 18.3 Å². The minimum Gasteiger partial charge on any atom is -0.484 e. The summed E-state index contributed by atoms with van der Waals surface area (Å²) in [6.45, 7) is 2.91. The normalized spacial score (nSPS) is 17.1. The van der Waals surface area contributed by atoms with Crippen molar-refractivity contribution in [2.75, 3.05) is 19.7 Å². The highest BCUT2D eigenvalue weighted by Gasteiger charge is 2.30. The second-order valence-corrected chi connectivity index (χ2v) is 5.89. The van der Waals surface area contributed by atoms with E-state index in [0.717, 1.165) is 25.0 Å². The second kappa shape index (κ2) is 8.58. The maximum absolute atomic E-state index is 12.6. The van der Waals surface area contributed by atoms with Crippen molar-refractivity contribution < 1.29 is 22.7 Å². The van der Waals surface area contributed by atoms with E-state index < -0.39 is 11.7 Å². The Morgan fingerprint density at radius 1 is 1.38 bits per heavy atom. The van der Waals surface area contributed by atoms with Gasteiger partial charge in [-0.1, -0.05) is 6.07 Å². The molecule has 1 heterocycles. The van der Waals surface area contributed by atoms with Gasteiger partial charge in [0.2, 0.25) is 0 Å². The fourth-order valence-corrected chi connectivity index (χ4v) is 2.67. The molecule has 4 nitrogen and oxygen atoms in total. The van der Waals surface area contributed by atoms with E-state index in [2.05, 4.69) is 0 Å². The first-order valence-electron chi connectivity index (χ1n) is 7.61. The van der Waals surface area contributed by atoms with E-state index in [9.17, 15) is 18.0 Å². The maximum atomic E-state index is 12.6. The summed E-state index contributed by atoms with van der Waals surface area (Å²) in [4.78, 5) is 13.8. The molecule has 136 valence electrons. The van der Waals surface area contributed by atoms with E-state index in [-0.39, 0.29) is 36.7 Å². The summed E-state index contributed by atoms with van der Waals surface area (Å²) >= 11 is 0. The number of nitrogens with zero attached hydrogens (tertiary/aromatic N) is 1. The van der Waals surface area contributed by atoms with Crippen LogP contribution in [0, 0.1) is 5.92 Å². The zero-order valence-corrected chi connectivity index (χ0v) is 14.2. The molecular formula is C16H22ClF3N2O2. The van der Waals surface area contributed by atoms with Gasteiger partial charge in [-0.25, -0.2) is 0 Å². The first-order valence-corrected chi connectivity index (χ1v) is 7.61. The molecule has 2 N–H and O–H groups in total. The maximum Gasteiger partial charge on any atom is 0.416 e. The molecule has 1 saturated heterocycles. The third kappa shape index (κ3) is 5.56. The van der Waals surface area contributed by atoms with Crippen LogP contribution in [-0.2, 0) is 11.0 Å². The van der Waals surface area contributed by atoms with Gasteiger partial charge in [0.05, 0.1) is 5.56 Å². The lowest BCUT2D eigenvalue weighted by Gasteiger charge is -2.33. The van der Waals surface area contributed by atoms with Gasteiger partial charge in [-0.15, -0.1) is 12.4 Å². The van der Waals surface area contributed by atoms with E-state index in [4.69, 9.17) is 10.5 Å². The number of benzene rings is 1. The SMILES string of the molecule is CC(N)C1CCN(C(=O)COc2cccc(C(F)(F)F)c2)CC1.Cl. The van der Waals surface area contributed by atoms with E-state index in [1.54, 1.807) is 4.90 Å². The van der Waals surface area contributed by atoms with Crippen molar-refractivity contribution in [1.29, 1.82) is 0 Å². The number of likely N-dealkylation sites (tertiary alicyclic amines) is 1. The molecule has 1 amide bonds. The molecule has 0 aromatic heterocycles. The first kappa shape index (κ1) is 20.6. The van der Waals surface area contributed by atoms with Crippen LogP contribution in [-0.4, -0.2) is 36.5 Å². The van der Waals surface area contributed by atoms with Gasteiger partial charge in [-0.2, -0.15) is 13.2 Å². The molecule has 0 spiro atoms. The average Bonchev–Trinajstić information content (AvgIpc) is 2.52. The highest BCUT2D eigenvalue weighted by molar-refractivity contribution is 5.85. The quantitative estimate of drug-likeness (QED) is 0.890. The number of carbonyl (C=O) groups is 1. The zero-order chi connectivity index (χ0) is 17.0. The van der Waals surface area contributed by atoms with Crippen molar-refractivity contribution in [3.05, 3.63) is 29.8 Å². The number of rotatable bonds is 4. The van der Waals surface area contributed by atoms with E-state index in [0.29, 0.717) is 19.0 Å². The lowest BCUT2D eigenvalue weighted by molar-refractivity contribution is -0.137. The molecule has 24 heavy (non-hydrogen) atoms. The lowest BCUT2D eigenvalue weighted by atomic mass is 9.91. The van der Waals surface area contributed by atoms with Gasteiger partial charge in [0.1, 0.15) is 5.75 Å². The molecular weight excluding hydrogens is 345 g/mol. The topological polar surface area (TPSA) is 55.6 Å². The molecule has 0 saturated carbocycles. The number of alkyl halides is 3. The summed E-state index contributed by atoms with van der Waals surface area (Å²) in [5.74, 6) is 0.229. The third-order valence-electron chi connectivity index (χ3n) is 4.16. The predicted octanol–water partition coefficient (Wildman–Crippen LogP) is 3.09. The predicted molar refractivity (Wildman–Crippen MR) is 87.1 cm³/mol. The molecule has 8 heteroatoms. The summed E-state index contributed by atoms with van der Waals surface area (Å²) in [5.41, 5.74) is 5.06. The van der Waals surface area contributed by atoms with Crippen LogP contribution in [0.2, 0.25) is 0 Å². The Bertz CT molecular complexity index is 544. The Kier molecular flexibility index (Phi) is 7.35. The summed E-state index contributed by atoms with van der Waals surface area (Å²) in [7, 11) is 0. The number of piperidine rings is 1. The minimum absolute atomic E-state index is 0. The largest absolute Gasteiger partial charge is 0.484 e. The second-order valence-electron chi connectivity index (χ2n) is 5.89. The van der Waals surface area contributed by atoms with Crippen LogP contribution in [0.15, 0.2) is 24.3 Å². The molecule has 2 rings (SSSR count). The molecule has 1 aliphatic rings. The standard InChI is InChI=1S/C16H21F3N2O2.ClH/c1-11(20)12-5-7-21(8-6-12)15(22)10-23-14-4-2-3-13(9-14)16(17,18)19;/h2-4,9,11-12H,5-8,10,20H2,1H3;1H. The summed E-state index contributed by atoms with van der Waals surface area (Å²) < 4.78 is 43.1. The molecule has 1 fully saturated rings. The number of hydrogen-bond donors (Lipinski definition) is 1. The Balaban J connectivity index is 0.00000288. The summed E-state index contributed by atoms with van der Waals surface area (Å²) in [6, 6.07) is 4.64. The Hall–Kier alpha value is -1.47. The highest BCUT2D eigenvalue weighted by atomic mass is 35.5. The van der Waals surface area contributed by atoms with Gasteiger partial charge in [0, 0.05) is 19.1 Å². The van der Waals surface area contributed by atoms with Crippen LogP contribution in [0.5, 0.6) is 5.75 Å². The van der Waals surface area contributed by atoms with Crippen LogP contribution in [0.1, 0.15) is 25.3 Å². The third-order valence-corrected chi connectivity index (χ3v) is 4.16. The zero-order valence-electron chi connectivity index (χ0n) is 13.4. The molecule has 1 aliphatic heterocycles. The number of ether oxygens (including phenoxy) is 1. The van der Waals surface area contributed by atoms with Crippen molar-refractivity contribution in [1.82, 2.24) is 4.90 Å². The van der Waals surface area contributed by atoms with Crippen LogP contribution in [0.25, 0.3) is 0 Å². The van der Waals surface area contributed by atoms with Crippen molar-refractivity contribution in [2.24, 2.45) is 11.7 Å². The van der Waals surface area contributed by atoms with Gasteiger partial charge in [0.25, 0.3) is 5.91 Å². The summed E-state index contributed by atoms with van der Waals surface area (Å²) in [5, 5.41) is 0. The van der Waals surface area contributed by atoms with Crippen LogP contribution >= 0.6 is 12.4 Å². The van der Waals surface area contributed by atoms with E-state index in [1.165, 1.54) is 12.1 Å². The molecule has 1 unspecified atom stereocenters. The Morgan fingerprint density at radius 2 is 2.00 bits per heavy atom. The molecule has 0 radical (unpaired) electrons. The Labute approximate surface area is 145 Å². The number of halogens is 4. The van der Waals surface area contributed by atoms with Crippen LogP contribution in [0.3, 0.4) is 0 Å². The van der Waals surface area contributed by atoms with Gasteiger partial charge >= 0.3 is 6.18 Å². The minimum atomic E-state index is -4.43. The molecule has 1 aromatic rings. The Morgan fingerprint density at radius 3 is 2.54 bits per heavy atom. The van der Waals surface area contributed by atoms with Crippen LogP contribution < -0.4 is 10.5 Å². The molecule has 0 aliphatic carbocycles. The fourth-order valence-electron chi connectivity index (χ4n) is 2.67. The number of hydrogen-bond acceptors (Lipinski definition) is 3. The van der Waals surface area contributed by atoms with Crippen molar-refractivity contribution in [3.63, 3.8) is 0 Å². The molecule has 1 aromatic carbocycles. The smallest absolute Gasteiger partial charge is 0.416 e. The van der Waals surface area contributed by atoms with Gasteiger partial charge in [0.15, 0.2) is 6.61 Å². The number of amides is 1. The van der Waals surface area contributed by atoms with E-state index in [1.807, 2.05) is 6.92 Å².